The highest BCUT2D eigenvalue weighted by Gasteiger charge is 2.10. The van der Waals surface area contributed by atoms with Crippen LogP contribution >= 0.6 is 24.0 Å². The van der Waals surface area contributed by atoms with Crippen LogP contribution in [0.1, 0.15) is 17.7 Å². The fourth-order valence-electron chi connectivity index (χ4n) is 3.03. The Morgan fingerprint density at radius 3 is 2.78 bits per heavy atom. The quantitative estimate of drug-likeness (QED) is 0.300. The van der Waals surface area contributed by atoms with Crippen molar-refractivity contribution >= 4 is 46.5 Å². The number of aryl methyl sites for hydroxylation is 1. The Balaban J connectivity index is 0.00000210. The summed E-state index contributed by atoms with van der Waals surface area (Å²) in [6, 6.07) is 14.1. The number of aliphatic imine (C=N–C) groups is 1. The minimum Gasteiger partial charge on any atom is -0.490 e. The molecular weight excluding hydrogens is 455 g/mol. The number of nitrogens with zero attached hydrogens (tertiary/aromatic N) is 1. The van der Waals surface area contributed by atoms with E-state index in [1.165, 1.54) is 5.39 Å². The van der Waals surface area contributed by atoms with Gasteiger partial charge in [0, 0.05) is 29.4 Å². The number of H-pyrrole nitrogens is 1. The maximum absolute atomic E-state index is 6.04. The van der Waals surface area contributed by atoms with Crippen molar-refractivity contribution in [2.24, 2.45) is 10.7 Å². The van der Waals surface area contributed by atoms with Gasteiger partial charge < -0.3 is 25.5 Å². The molecule has 0 amide bonds. The SMILES string of the molecule is Cc1cc2cc(CN=C(N)Nc3ccc4c(c3)OCCCO4)ccc2[nH]1.I. The van der Waals surface area contributed by atoms with E-state index >= 15 is 0 Å². The number of aromatic nitrogens is 1. The van der Waals surface area contributed by atoms with Crippen molar-refractivity contribution in [2.45, 2.75) is 19.9 Å². The molecule has 0 radical (unpaired) electrons. The van der Waals surface area contributed by atoms with Gasteiger partial charge in [-0.1, -0.05) is 6.07 Å². The number of guanidine groups is 1. The second-order valence-electron chi connectivity index (χ2n) is 6.41. The topological polar surface area (TPSA) is 84.7 Å². The van der Waals surface area contributed by atoms with Crippen molar-refractivity contribution in [1.82, 2.24) is 4.98 Å². The molecule has 0 unspecified atom stereocenters. The zero-order chi connectivity index (χ0) is 17.9. The number of benzene rings is 2. The molecule has 4 N–H and O–H groups in total. The van der Waals surface area contributed by atoms with E-state index in [2.05, 4.69) is 46.5 Å². The number of hydrogen-bond donors (Lipinski definition) is 3. The lowest BCUT2D eigenvalue weighted by molar-refractivity contribution is 0.297. The normalized spacial score (nSPS) is 13.7. The van der Waals surface area contributed by atoms with Gasteiger partial charge in [0.1, 0.15) is 0 Å². The largest absolute Gasteiger partial charge is 0.490 e. The molecular formula is C20H23IN4O2. The van der Waals surface area contributed by atoms with Crippen LogP contribution in [0.5, 0.6) is 11.5 Å². The first-order chi connectivity index (χ1) is 12.7. The number of rotatable bonds is 3. The molecule has 0 fully saturated rings. The Labute approximate surface area is 175 Å². The summed E-state index contributed by atoms with van der Waals surface area (Å²) in [6.45, 7) is 3.90. The van der Waals surface area contributed by atoms with E-state index < -0.39 is 0 Å². The van der Waals surface area contributed by atoms with Gasteiger partial charge in [-0.25, -0.2) is 4.99 Å². The first-order valence-electron chi connectivity index (χ1n) is 8.72. The fourth-order valence-corrected chi connectivity index (χ4v) is 3.03. The predicted octanol–water partition coefficient (Wildman–Crippen LogP) is 4.18. The number of nitrogens with one attached hydrogen (secondary N) is 2. The van der Waals surface area contributed by atoms with E-state index in [4.69, 9.17) is 15.2 Å². The molecule has 6 nitrogen and oxygen atoms in total. The molecule has 0 spiro atoms. The molecule has 0 bridgehead atoms. The van der Waals surface area contributed by atoms with Crippen LogP contribution in [0.25, 0.3) is 10.9 Å². The van der Waals surface area contributed by atoms with Crippen molar-refractivity contribution in [1.29, 1.82) is 0 Å². The van der Waals surface area contributed by atoms with Gasteiger partial charge in [-0.15, -0.1) is 24.0 Å². The Hall–Kier alpha value is -2.42. The number of halogens is 1. The molecule has 1 aliphatic rings. The molecule has 3 aromatic rings. The molecule has 1 aliphatic heterocycles. The van der Waals surface area contributed by atoms with Crippen molar-refractivity contribution in [3.8, 4) is 11.5 Å². The number of hydrogen-bond acceptors (Lipinski definition) is 3. The average Bonchev–Trinajstić information content (AvgIpc) is 2.84. The van der Waals surface area contributed by atoms with Gasteiger partial charge in [0.05, 0.1) is 19.8 Å². The summed E-state index contributed by atoms with van der Waals surface area (Å²) in [6.07, 6.45) is 0.881. The van der Waals surface area contributed by atoms with Gasteiger partial charge in [-0.3, -0.25) is 0 Å². The first kappa shape index (κ1) is 19.3. The van der Waals surface area contributed by atoms with E-state index in [0.717, 1.165) is 40.4 Å². The van der Waals surface area contributed by atoms with E-state index in [9.17, 15) is 0 Å². The molecule has 0 atom stereocenters. The number of ether oxygens (including phenoxy) is 2. The van der Waals surface area contributed by atoms with Gasteiger partial charge >= 0.3 is 0 Å². The first-order valence-corrected chi connectivity index (χ1v) is 8.72. The van der Waals surface area contributed by atoms with Gasteiger partial charge in [-0.05, 0) is 48.2 Å². The lowest BCUT2D eigenvalue weighted by Gasteiger charge is -2.10. The van der Waals surface area contributed by atoms with Gasteiger partial charge in [0.2, 0.25) is 0 Å². The number of anilines is 1. The van der Waals surface area contributed by atoms with Crippen LogP contribution in [-0.2, 0) is 6.54 Å². The fraction of sp³-hybridized carbons (Fsp3) is 0.250. The summed E-state index contributed by atoms with van der Waals surface area (Å²) >= 11 is 0. The van der Waals surface area contributed by atoms with Crippen LogP contribution in [0.15, 0.2) is 47.5 Å². The summed E-state index contributed by atoms with van der Waals surface area (Å²) in [5.41, 5.74) is 10.3. The molecule has 1 aromatic heterocycles. The Kier molecular flexibility index (Phi) is 6.10. The van der Waals surface area contributed by atoms with Crippen LogP contribution in [0.2, 0.25) is 0 Å². The molecule has 0 saturated carbocycles. The third-order valence-electron chi connectivity index (χ3n) is 4.27. The average molecular weight is 478 g/mol. The molecule has 2 aromatic carbocycles. The minimum atomic E-state index is 0. The van der Waals surface area contributed by atoms with Crippen LogP contribution in [-0.4, -0.2) is 24.2 Å². The van der Waals surface area contributed by atoms with Crippen molar-refractivity contribution in [3.05, 3.63) is 53.7 Å². The third kappa shape index (κ3) is 4.65. The second-order valence-corrected chi connectivity index (χ2v) is 6.41. The van der Waals surface area contributed by atoms with Crippen LogP contribution in [0.3, 0.4) is 0 Å². The monoisotopic (exact) mass is 478 g/mol. The zero-order valence-electron chi connectivity index (χ0n) is 15.1. The third-order valence-corrected chi connectivity index (χ3v) is 4.27. The Morgan fingerprint density at radius 2 is 1.93 bits per heavy atom. The molecule has 0 saturated heterocycles. The van der Waals surface area contributed by atoms with E-state index in [1.807, 2.05) is 18.2 Å². The zero-order valence-corrected chi connectivity index (χ0v) is 17.4. The predicted molar refractivity (Wildman–Crippen MR) is 119 cm³/mol. The summed E-state index contributed by atoms with van der Waals surface area (Å²) < 4.78 is 11.3. The number of aromatic amines is 1. The second kappa shape index (κ2) is 8.51. The van der Waals surface area contributed by atoms with Crippen LogP contribution in [0, 0.1) is 6.92 Å². The molecule has 7 heteroatoms. The summed E-state index contributed by atoms with van der Waals surface area (Å²) in [7, 11) is 0. The number of nitrogens with two attached hydrogens (primary N) is 1. The van der Waals surface area contributed by atoms with Crippen LogP contribution < -0.4 is 20.5 Å². The number of fused-ring (bicyclic) bond motifs is 2. The minimum absolute atomic E-state index is 0. The molecule has 142 valence electrons. The highest BCUT2D eigenvalue weighted by Crippen LogP contribution is 2.32. The van der Waals surface area contributed by atoms with Gasteiger partial charge in [-0.2, -0.15) is 0 Å². The van der Waals surface area contributed by atoms with Crippen molar-refractivity contribution in [2.75, 3.05) is 18.5 Å². The van der Waals surface area contributed by atoms with E-state index in [1.54, 1.807) is 0 Å². The maximum Gasteiger partial charge on any atom is 0.193 e. The standard InChI is InChI=1S/C20H22N4O2.HI/c1-13-9-15-10-14(3-5-17(15)23-13)12-22-20(21)24-16-4-6-18-19(11-16)26-8-2-7-25-18;/h3-6,9-11,23H,2,7-8,12H2,1H3,(H3,21,22,24);1H. The lowest BCUT2D eigenvalue weighted by Crippen LogP contribution is -2.22. The van der Waals surface area contributed by atoms with Crippen LogP contribution in [0.4, 0.5) is 5.69 Å². The van der Waals surface area contributed by atoms with Gasteiger partial charge in [0.15, 0.2) is 17.5 Å². The molecule has 0 aliphatic carbocycles. The maximum atomic E-state index is 6.04. The lowest BCUT2D eigenvalue weighted by atomic mass is 10.1. The Bertz CT molecular complexity index is 968. The van der Waals surface area contributed by atoms with E-state index in [0.29, 0.717) is 25.7 Å². The summed E-state index contributed by atoms with van der Waals surface area (Å²) in [5, 5.41) is 4.29. The Morgan fingerprint density at radius 1 is 1.11 bits per heavy atom. The highest BCUT2D eigenvalue weighted by atomic mass is 127. The van der Waals surface area contributed by atoms with Crippen molar-refractivity contribution < 1.29 is 9.47 Å². The van der Waals surface area contributed by atoms with Gasteiger partial charge in [0.25, 0.3) is 0 Å². The molecule has 2 heterocycles. The smallest absolute Gasteiger partial charge is 0.193 e. The molecule has 4 rings (SSSR count). The molecule has 27 heavy (non-hydrogen) atoms. The highest BCUT2D eigenvalue weighted by molar-refractivity contribution is 14.0. The van der Waals surface area contributed by atoms with E-state index in [-0.39, 0.29) is 24.0 Å². The van der Waals surface area contributed by atoms with Crippen molar-refractivity contribution in [3.63, 3.8) is 0 Å². The summed E-state index contributed by atoms with van der Waals surface area (Å²) in [5.74, 6) is 1.86. The summed E-state index contributed by atoms with van der Waals surface area (Å²) in [4.78, 5) is 7.75.